The van der Waals surface area contributed by atoms with Gasteiger partial charge in [0.05, 0.1) is 18.7 Å². The quantitative estimate of drug-likeness (QED) is 0.473. The van der Waals surface area contributed by atoms with E-state index in [1.165, 1.54) is 12.1 Å². The smallest absolute Gasteiger partial charge is 0.338 e. The van der Waals surface area contributed by atoms with Gasteiger partial charge < -0.3 is 20.1 Å². The molecule has 4 rings (SSSR count). The third-order valence-electron chi connectivity index (χ3n) is 5.57. The molecule has 1 atom stereocenters. The molecule has 3 aromatic rings. The molecule has 1 heterocycles. The van der Waals surface area contributed by atoms with Crippen molar-refractivity contribution in [1.82, 2.24) is 10.6 Å². The summed E-state index contributed by atoms with van der Waals surface area (Å²) in [5.74, 6) is -0.313. The van der Waals surface area contributed by atoms with Gasteiger partial charge in [0.15, 0.2) is 0 Å². The first-order valence-corrected chi connectivity index (χ1v) is 10.9. The highest BCUT2D eigenvalue weighted by Crippen LogP contribution is 2.30. The van der Waals surface area contributed by atoms with E-state index in [0.29, 0.717) is 24.1 Å². The highest BCUT2D eigenvalue weighted by atomic mass is 19.1. The largest absolute Gasteiger partial charge is 0.497 e. The highest BCUT2D eigenvalue weighted by Gasteiger charge is 2.33. The Morgan fingerprint density at radius 2 is 1.71 bits per heavy atom. The summed E-state index contributed by atoms with van der Waals surface area (Å²) in [5, 5.41) is 5.50. The number of benzene rings is 3. The van der Waals surface area contributed by atoms with Crippen molar-refractivity contribution in [1.29, 1.82) is 0 Å². The zero-order valence-electron chi connectivity index (χ0n) is 18.7. The minimum absolute atomic E-state index is 0.0795. The Kier molecular flexibility index (Phi) is 7.22. The molecule has 0 saturated carbocycles. The Labute approximate surface area is 197 Å². The molecule has 0 bridgehead atoms. The lowest BCUT2D eigenvalue weighted by molar-refractivity contribution is -0.140. The summed E-state index contributed by atoms with van der Waals surface area (Å²) in [6, 6.07) is 21.4. The second-order valence-electron chi connectivity index (χ2n) is 7.89. The third kappa shape index (κ3) is 5.61. The molecular weight excluding hydrogens is 435 g/mol. The van der Waals surface area contributed by atoms with Crippen molar-refractivity contribution in [3.8, 4) is 5.75 Å². The molecule has 0 radical (unpaired) electrons. The maximum atomic E-state index is 14.0. The first-order chi connectivity index (χ1) is 16.5. The molecule has 174 valence electrons. The molecule has 3 aromatic carbocycles. The van der Waals surface area contributed by atoms with Crippen molar-refractivity contribution in [3.63, 3.8) is 0 Å². The van der Waals surface area contributed by atoms with Gasteiger partial charge in [-0.05, 0) is 53.8 Å². The first-order valence-electron chi connectivity index (χ1n) is 10.9. The van der Waals surface area contributed by atoms with Gasteiger partial charge in [-0.2, -0.15) is 0 Å². The van der Waals surface area contributed by atoms with E-state index < -0.39 is 23.9 Å². The average Bonchev–Trinajstić information content (AvgIpc) is 2.86. The molecular formula is C27H25FN2O4. The van der Waals surface area contributed by atoms with Crippen LogP contribution in [-0.4, -0.2) is 19.1 Å². The van der Waals surface area contributed by atoms with Gasteiger partial charge in [-0.15, -0.1) is 0 Å². The van der Waals surface area contributed by atoms with E-state index in [2.05, 4.69) is 10.6 Å². The van der Waals surface area contributed by atoms with Crippen LogP contribution in [0.1, 0.15) is 29.2 Å². The van der Waals surface area contributed by atoms with E-state index in [4.69, 9.17) is 9.47 Å². The molecule has 0 saturated heterocycles. The molecule has 1 aliphatic rings. The molecule has 0 fully saturated rings. The Morgan fingerprint density at radius 3 is 2.47 bits per heavy atom. The van der Waals surface area contributed by atoms with E-state index in [1.54, 1.807) is 19.2 Å². The molecule has 2 amide bonds. The summed E-state index contributed by atoms with van der Waals surface area (Å²) >= 11 is 0. The maximum Gasteiger partial charge on any atom is 0.338 e. The fourth-order valence-corrected chi connectivity index (χ4v) is 3.89. The van der Waals surface area contributed by atoms with Crippen LogP contribution in [0.3, 0.4) is 0 Å². The summed E-state index contributed by atoms with van der Waals surface area (Å²) in [6.45, 7) is 0.0795. The number of ether oxygens (including phenoxy) is 2. The highest BCUT2D eigenvalue weighted by molar-refractivity contribution is 5.95. The Balaban J connectivity index is 1.65. The van der Waals surface area contributed by atoms with E-state index in [1.807, 2.05) is 54.6 Å². The van der Waals surface area contributed by atoms with Gasteiger partial charge >= 0.3 is 12.0 Å². The Bertz CT molecular complexity index is 1210. The number of esters is 1. The molecule has 0 aliphatic carbocycles. The van der Waals surface area contributed by atoms with Gasteiger partial charge in [0.25, 0.3) is 0 Å². The molecule has 2 N–H and O–H groups in total. The number of nitrogens with one attached hydrogen (secondary N) is 2. The molecule has 34 heavy (non-hydrogen) atoms. The SMILES string of the molecule is COc1cccc(CCC2=C(C(=O)OCc3ccccc3)C(c3cccc(F)c3)NC(=O)N2)c1. The molecule has 0 spiro atoms. The number of carbonyl (C=O) groups is 2. The number of methoxy groups -OCH3 is 1. The predicted molar refractivity (Wildman–Crippen MR) is 125 cm³/mol. The van der Waals surface area contributed by atoms with Crippen molar-refractivity contribution in [2.75, 3.05) is 7.11 Å². The summed E-state index contributed by atoms with van der Waals surface area (Å²) in [5.41, 5.74) is 2.98. The lowest BCUT2D eigenvalue weighted by atomic mass is 9.93. The standard InChI is InChI=1S/C27H25FN2O4/c1-33-22-12-5-9-18(15-22)13-14-23-24(26(31)34-17-19-7-3-2-4-8-19)25(30-27(32)29-23)20-10-6-11-21(28)16-20/h2-12,15-16,25H,13-14,17H2,1H3,(H2,29,30,32). The molecule has 0 aromatic heterocycles. The van der Waals surface area contributed by atoms with Crippen LogP contribution >= 0.6 is 0 Å². The minimum Gasteiger partial charge on any atom is -0.497 e. The first kappa shape index (κ1) is 23.0. The molecule has 1 aliphatic heterocycles. The van der Waals surface area contributed by atoms with E-state index in [-0.39, 0.29) is 12.2 Å². The van der Waals surface area contributed by atoms with E-state index in [9.17, 15) is 14.0 Å². The lowest BCUT2D eigenvalue weighted by Crippen LogP contribution is -2.46. The maximum absolute atomic E-state index is 14.0. The van der Waals surface area contributed by atoms with Crippen molar-refractivity contribution in [2.24, 2.45) is 0 Å². The van der Waals surface area contributed by atoms with Crippen molar-refractivity contribution in [3.05, 3.63) is 113 Å². The van der Waals surface area contributed by atoms with Crippen LogP contribution in [0.25, 0.3) is 0 Å². The second-order valence-corrected chi connectivity index (χ2v) is 7.89. The summed E-state index contributed by atoms with van der Waals surface area (Å²) in [4.78, 5) is 25.8. The summed E-state index contributed by atoms with van der Waals surface area (Å²) in [7, 11) is 1.60. The minimum atomic E-state index is -0.840. The van der Waals surface area contributed by atoms with Gasteiger partial charge in [0.1, 0.15) is 18.2 Å². The fraction of sp³-hybridized carbons (Fsp3) is 0.185. The fourth-order valence-electron chi connectivity index (χ4n) is 3.89. The Morgan fingerprint density at radius 1 is 0.941 bits per heavy atom. The lowest BCUT2D eigenvalue weighted by Gasteiger charge is -2.29. The van der Waals surface area contributed by atoms with Crippen LogP contribution in [0.4, 0.5) is 9.18 Å². The van der Waals surface area contributed by atoms with E-state index in [0.717, 1.165) is 16.9 Å². The number of hydrogen-bond donors (Lipinski definition) is 2. The van der Waals surface area contributed by atoms with Crippen LogP contribution in [0.5, 0.6) is 5.75 Å². The monoisotopic (exact) mass is 460 g/mol. The number of halogens is 1. The van der Waals surface area contributed by atoms with Gasteiger partial charge in [-0.3, -0.25) is 0 Å². The Hall–Kier alpha value is -4.13. The number of amides is 2. The van der Waals surface area contributed by atoms with Crippen molar-refractivity contribution in [2.45, 2.75) is 25.5 Å². The topological polar surface area (TPSA) is 76.7 Å². The number of hydrogen-bond acceptors (Lipinski definition) is 4. The van der Waals surface area contributed by atoms with Crippen molar-refractivity contribution < 1.29 is 23.5 Å². The molecule has 1 unspecified atom stereocenters. The van der Waals surface area contributed by atoms with Gasteiger partial charge in [-0.1, -0.05) is 54.6 Å². The third-order valence-corrected chi connectivity index (χ3v) is 5.57. The van der Waals surface area contributed by atoms with Crippen LogP contribution < -0.4 is 15.4 Å². The normalized spacial score (nSPS) is 15.4. The zero-order chi connectivity index (χ0) is 23.9. The van der Waals surface area contributed by atoms with Crippen molar-refractivity contribution >= 4 is 12.0 Å². The summed E-state index contributed by atoms with van der Waals surface area (Å²) < 4.78 is 24.9. The van der Waals surface area contributed by atoms with E-state index >= 15 is 0 Å². The van der Waals surface area contributed by atoms with Gasteiger partial charge in [0.2, 0.25) is 0 Å². The molecule has 6 nitrogen and oxygen atoms in total. The van der Waals surface area contributed by atoms with Gasteiger partial charge in [-0.25, -0.2) is 14.0 Å². The average molecular weight is 461 g/mol. The number of aryl methyl sites for hydroxylation is 1. The number of carbonyl (C=O) groups excluding carboxylic acids is 2. The number of urea groups is 1. The zero-order valence-corrected chi connectivity index (χ0v) is 18.7. The number of allylic oxidation sites excluding steroid dienone is 1. The predicted octanol–water partition coefficient (Wildman–Crippen LogP) is 4.82. The van der Waals surface area contributed by atoms with Crippen LogP contribution in [0.15, 0.2) is 90.1 Å². The van der Waals surface area contributed by atoms with Gasteiger partial charge in [0, 0.05) is 5.70 Å². The van der Waals surface area contributed by atoms with Crippen LogP contribution in [-0.2, 0) is 22.6 Å². The number of rotatable bonds is 8. The summed E-state index contributed by atoms with van der Waals surface area (Å²) in [6.07, 6.45) is 0.931. The van der Waals surface area contributed by atoms with Crippen LogP contribution in [0.2, 0.25) is 0 Å². The molecule has 7 heteroatoms. The second kappa shape index (κ2) is 10.7. The van der Waals surface area contributed by atoms with Crippen LogP contribution in [0, 0.1) is 5.82 Å².